The van der Waals surface area contributed by atoms with Crippen molar-refractivity contribution in [3.63, 3.8) is 0 Å². The molecule has 0 unspecified atom stereocenters. The molecule has 0 spiro atoms. The van der Waals surface area contributed by atoms with Crippen LogP contribution in [-0.4, -0.2) is 29.6 Å². The Kier molecular flexibility index (Phi) is 5.26. The van der Waals surface area contributed by atoms with Gasteiger partial charge < -0.3 is 10.4 Å². The lowest BCUT2D eigenvalue weighted by Gasteiger charge is -2.26. The minimum Gasteiger partial charge on any atom is -0.393 e. The number of carbonyl (C=O) groups excluding carboxylic acids is 1. The van der Waals surface area contributed by atoms with E-state index in [1.807, 2.05) is 13.8 Å². The number of aliphatic hydroxyl groups is 1. The van der Waals surface area contributed by atoms with E-state index in [0.29, 0.717) is 18.2 Å². The van der Waals surface area contributed by atoms with Gasteiger partial charge in [-0.05, 0) is 25.7 Å². The maximum atomic E-state index is 11.4. The van der Waals surface area contributed by atoms with Crippen LogP contribution in [0.2, 0.25) is 0 Å². The summed E-state index contributed by atoms with van der Waals surface area (Å²) in [4.78, 5) is 11.4. The first-order valence-electron chi connectivity index (χ1n) is 6.03. The van der Waals surface area contributed by atoms with Gasteiger partial charge in [-0.3, -0.25) is 4.79 Å². The van der Waals surface area contributed by atoms with Gasteiger partial charge in [0.25, 0.3) is 0 Å². The third kappa shape index (κ3) is 4.76. The first kappa shape index (κ1) is 12.7. The topological polar surface area (TPSA) is 49.3 Å². The predicted molar refractivity (Wildman–Crippen MR) is 60.7 cm³/mol. The van der Waals surface area contributed by atoms with Crippen LogP contribution < -0.4 is 5.32 Å². The van der Waals surface area contributed by atoms with Crippen LogP contribution in [0.3, 0.4) is 0 Å². The van der Waals surface area contributed by atoms with Crippen LogP contribution >= 0.6 is 0 Å². The van der Waals surface area contributed by atoms with E-state index in [9.17, 15) is 9.90 Å². The molecule has 0 aromatic rings. The van der Waals surface area contributed by atoms with E-state index in [4.69, 9.17) is 0 Å². The number of aliphatic hydroxyl groups excluding tert-OH is 1. The molecule has 0 aromatic carbocycles. The lowest BCUT2D eigenvalue weighted by molar-refractivity contribution is -0.121. The molecule has 1 aliphatic carbocycles. The summed E-state index contributed by atoms with van der Waals surface area (Å²) in [6.45, 7) is 4.68. The van der Waals surface area contributed by atoms with Gasteiger partial charge in [-0.1, -0.05) is 13.8 Å². The van der Waals surface area contributed by atoms with Gasteiger partial charge in [0.05, 0.1) is 6.10 Å². The van der Waals surface area contributed by atoms with Crippen LogP contribution in [0.1, 0.15) is 46.0 Å². The zero-order chi connectivity index (χ0) is 11.3. The minimum atomic E-state index is -0.0969. The summed E-state index contributed by atoms with van der Waals surface area (Å²) in [5, 5.41) is 12.7. The maximum Gasteiger partial charge on any atom is 0.136 e. The molecular formula is C12H23NO2. The highest BCUT2D eigenvalue weighted by molar-refractivity contribution is 5.80. The number of nitrogens with one attached hydrogen (secondary N) is 1. The number of rotatable bonds is 5. The van der Waals surface area contributed by atoms with E-state index in [2.05, 4.69) is 5.32 Å². The Hall–Kier alpha value is -0.410. The fraction of sp³-hybridized carbons (Fsp3) is 0.917. The molecule has 2 N–H and O–H groups in total. The molecule has 1 aliphatic rings. The summed E-state index contributed by atoms with van der Waals surface area (Å²) in [5.41, 5.74) is 0. The van der Waals surface area contributed by atoms with E-state index < -0.39 is 0 Å². The molecule has 1 rings (SSSR count). The van der Waals surface area contributed by atoms with Gasteiger partial charge in [0, 0.05) is 24.9 Å². The van der Waals surface area contributed by atoms with Crippen LogP contribution in [0.5, 0.6) is 0 Å². The predicted octanol–water partition coefficient (Wildman–Crippen LogP) is 1.49. The molecule has 0 amide bonds. The minimum absolute atomic E-state index is 0.0969. The molecule has 0 radical (unpaired) electrons. The number of carbonyl (C=O) groups is 1. The molecule has 3 nitrogen and oxygen atoms in total. The summed E-state index contributed by atoms with van der Waals surface area (Å²) >= 11 is 0. The van der Waals surface area contributed by atoms with Crippen molar-refractivity contribution in [2.75, 3.05) is 6.54 Å². The lowest BCUT2D eigenvalue weighted by Crippen LogP contribution is -2.36. The van der Waals surface area contributed by atoms with Crippen molar-refractivity contribution in [3.8, 4) is 0 Å². The van der Waals surface area contributed by atoms with Gasteiger partial charge in [0.2, 0.25) is 0 Å². The maximum absolute atomic E-state index is 11.4. The molecule has 3 heteroatoms. The van der Waals surface area contributed by atoms with Gasteiger partial charge in [-0.2, -0.15) is 0 Å². The van der Waals surface area contributed by atoms with E-state index in [1.165, 1.54) is 0 Å². The van der Waals surface area contributed by atoms with E-state index in [0.717, 1.165) is 32.2 Å². The van der Waals surface area contributed by atoms with Crippen molar-refractivity contribution in [1.29, 1.82) is 0 Å². The molecule has 0 saturated heterocycles. The first-order valence-corrected chi connectivity index (χ1v) is 6.03. The van der Waals surface area contributed by atoms with Crippen molar-refractivity contribution in [1.82, 2.24) is 5.32 Å². The van der Waals surface area contributed by atoms with Crippen molar-refractivity contribution < 1.29 is 9.90 Å². The molecule has 15 heavy (non-hydrogen) atoms. The van der Waals surface area contributed by atoms with Crippen molar-refractivity contribution in [3.05, 3.63) is 0 Å². The third-order valence-electron chi connectivity index (χ3n) is 3.15. The molecule has 0 aromatic heterocycles. The molecular weight excluding hydrogens is 190 g/mol. The normalized spacial score (nSPS) is 26.9. The van der Waals surface area contributed by atoms with Gasteiger partial charge >= 0.3 is 0 Å². The Morgan fingerprint density at radius 3 is 2.47 bits per heavy atom. The summed E-state index contributed by atoms with van der Waals surface area (Å²) in [7, 11) is 0. The van der Waals surface area contributed by atoms with Crippen molar-refractivity contribution >= 4 is 5.78 Å². The summed E-state index contributed by atoms with van der Waals surface area (Å²) < 4.78 is 0. The standard InChI is InChI=1S/C12H23NO2/c1-9(2)12(15)7-8-13-10-3-5-11(14)6-4-10/h9-11,13-14H,3-8H2,1-2H3/t10-,11-. The highest BCUT2D eigenvalue weighted by atomic mass is 16.3. The Morgan fingerprint density at radius 2 is 1.93 bits per heavy atom. The van der Waals surface area contributed by atoms with E-state index >= 15 is 0 Å². The summed E-state index contributed by atoms with van der Waals surface area (Å²) in [6, 6.07) is 0.508. The number of Topliss-reactive ketones (excluding diaryl/α,β-unsaturated/α-hetero) is 1. The second kappa shape index (κ2) is 6.23. The van der Waals surface area contributed by atoms with Crippen LogP contribution in [0.25, 0.3) is 0 Å². The smallest absolute Gasteiger partial charge is 0.136 e. The Bertz CT molecular complexity index is 196. The van der Waals surface area contributed by atoms with E-state index in [-0.39, 0.29) is 12.0 Å². The van der Waals surface area contributed by atoms with Crippen LogP contribution in [0.4, 0.5) is 0 Å². The Morgan fingerprint density at radius 1 is 1.33 bits per heavy atom. The molecule has 0 bridgehead atoms. The van der Waals surface area contributed by atoms with Gasteiger partial charge in [-0.15, -0.1) is 0 Å². The second-order valence-corrected chi connectivity index (χ2v) is 4.83. The largest absolute Gasteiger partial charge is 0.393 e. The number of hydrogen-bond acceptors (Lipinski definition) is 3. The first-order chi connectivity index (χ1) is 7.09. The fourth-order valence-corrected chi connectivity index (χ4v) is 1.97. The second-order valence-electron chi connectivity index (χ2n) is 4.83. The Balaban J connectivity index is 2.08. The van der Waals surface area contributed by atoms with Gasteiger partial charge in [0.15, 0.2) is 0 Å². The molecule has 0 atom stereocenters. The quantitative estimate of drug-likeness (QED) is 0.727. The Labute approximate surface area is 92.3 Å². The van der Waals surface area contributed by atoms with Crippen LogP contribution in [0.15, 0.2) is 0 Å². The molecule has 88 valence electrons. The molecule has 0 aliphatic heterocycles. The van der Waals surface area contributed by atoms with Crippen LogP contribution in [0, 0.1) is 5.92 Å². The average molecular weight is 213 g/mol. The van der Waals surface area contributed by atoms with Crippen molar-refractivity contribution in [2.45, 2.75) is 58.1 Å². The number of hydrogen-bond donors (Lipinski definition) is 2. The monoisotopic (exact) mass is 213 g/mol. The van der Waals surface area contributed by atoms with Gasteiger partial charge in [0.1, 0.15) is 5.78 Å². The SMILES string of the molecule is CC(C)C(=O)CCN[C@H]1CC[C@H](O)CC1. The van der Waals surface area contributed by atoms with E-state index in [1.54, 1.807) is 0 Å². The highest BCUT2D eigenvalue weighted by Gasteiger charge is 2.18. The fourth-order valence-electron chi connectivity index (χ4n) is 1.97. The van der Waals surface area contributed by atoms with Crippen LogP contribution in [-0.2, 0) is 4.79 Å². The number of ketones is 1. The van der Waals surface area contributed by atoms with Gasteiger partial charge in [-0.25, -0.2) is 0 Å². The molecule has 1 fully saturated rings. The third-order valence-corrected chi connectivity index (χ3v) is 3.15. The van der Waals surface area contributed by atoms with Crippen molar-refractivity contribution in [2.24, 2.45) is 5.92 Å². The zero-order valence-corrected chi connectivity index (χ0v) is 9.83. The highest BCUT2D eigenvalue weighted by Crippen LogP contribution is 2.18. The zero-order valence-electron chi connectivity index (χ0n) is 9.83. The summed E-state index contributed by atoms with van der Waals surface area (Å²) in [6.07, 6.45) is 4.41. The molecule has 0 heterocycles. The average Bonchev–Trinajstić information content (AvgIpc) is 2.20. The molecule has 1 saturated carbocycles. The summed E-state index contributed by atoms with van der Waals surface area (Å²) in [5.74, 6) is 0.485. The lowest BCUT2D eigenvalue weighted by atomic mass is 9.93.